The molecule has 1 aliphatic rings. The summed E-state index contributed by atoms with van der Waals surface area (Å²) in [6.07, 6.45) is 1.87. The third-order valence-corrected chi connectivity index (χ3v) is 5.20. The summed E-state index contributed by atoms with van der Waals surface area (Å²) in [5, 5.41) is 16.7. The zero-order valence-corrected chi connectivity index (χ0v) is 14.8. The van der Waals surface area contributed by atoms with Gasteiger partial charge in [-0.3, -0.25) is 4.99 Å². The van der Waals surface area contributed by atoms with E-state index in [0.29, 0.717) is 16.9 Å². The Morgan fingerprint density at radius 3 is 2.95 bits per heavy atom. The number of nitrogens with zero attached hydrogens (tertiary/aromatic N) is 2. The lowest BCUT2D eigenvalue weighted by Crippen LogP contribution is -2.44. The van der Waals surface area contributed by atoms with Gasteiger partial charge in [0.1, 0.15) is 6.10 Å². The van der Waals surface area contributed by atoms with E-state index in [4.69, 9.17) is 11.6 Å². The second-order valence-corrected chi connectivity index (χ2v) is 7.28. The van der Waals surface area contributed by atoms with Crippen LogP contribution >= 0.6 is 22.9 Å². The van der Waals surface area contributed by atoms with Gasteiger partial charge in [-0.05, 0) is 45.5 Å². The van der Waals surface area contributed by atoms with Gasteiger partial charge < -0.3 is 20.6 Å². The molecule has 3 N–H and O–H groups in total. The Balaban J connectivity index is 1.86. The molecule has 0 saturated carbocycles. The fraction of sp³-hybridized carbons (Fsp3) is 0.667. The Morgan fingerprint density at radius 1 is 1.55 bits per heavy atom. The van der Waals surface area contributed by atoms with Crippen molar-refractivity contribution in [3.05, 3.63) is 21.3 Å². The molecule has 22 heavy (non-hydrogen) atoms. The number of likely N-dealkylation sites (tertiary alicyclic amines) is 1. The Hall–Kier alpha value is -0.820. The van der Waals surface area contributed by atoms with Crippen LogP contribution in [0.15, 0.2) is 17.1 Å². The molecule has 5 nitrogen and oxygen atoms in total. The van der Waals surface area contributed by atoms with Crippen LogP contribution in [0, 0.1) is 0 Å². The van der Waals surface area contributed by atoms with Gasteiger partial charge in [0.25, 0.3) is 0 Å². The highest BCUT2D eigenvalue weighted by Crippen LogP contribution is 2.26. The van der Waals surface area contributed by atoms with Gasteiger partial charge in [0.05, 0.1) is 10.9 Å². The molecule has 0 bridgehead atoms. The van der Waals surface area contributed by atoms with Crippen LogP contribution in [0.4, 0.5) is 0 Å². The summed E-state index contributed by atoms with van der Waals surface area (Å²) < 4.78 is 0.687. The minimum Gasteiger partial charge on any atom is -0.386 e. The van der Waals surface area contributed by atoms with E-state index in [0.717, 1.165) is 30.5 Å². The Labute approximate surface area is 141 Å². The monoisotopic (exact) mass is 344 g/mol. The highest BCUT2D eigenvalue weighted by molar-refractivity contribution is 7.16. The van der Waals surface area contributed by atoms with E-state index in [-0.39, 0.29) is 0 Å². The van der Waals surface area contributed by atoms with Crippen molar-refractivity contribution in [2.45, 2.75) is 31.9 Å². The van der Waals surface area contributed by atoms with Crippen LogP contribution in [0.3, 0.4) is 0 Å². The first-order valence-corrected chi connectivity index (χ1v) is 8.95. The van der Waals surface area contributed by atoms with Crippen molar-refractivity contribution in [3.63, 3.8) is 0 Å². The van der Waals surface area contributed by atoms with Crippen molar-refractivity contribution in [1.82, 2.24) is 15.5 Å². The Bertz CT molecular complexity index is 494. The van der Waals surface area contributed by atoms with E-state index < -0.39 is 6.10 Å². The molecule has 1 aromatic heterocycles. The number of thiophene rings is 1. The smallest absolute Gasteiger partial charge is 0.191 e. The molecule has 0 aromatic carbocycles. The average Bonchev–Trinajstić information content (AvgIpc) is 3.10. The molecule has 2 unspecified atom stereocenters. The van der Waals surface area contributed by atoms with Crippen LogP contribution in [0.5, 0.6) is 0 Å². The maximum Gasteiger partial charge on any atom is 0.191 e. The highest BCUT2D eigenvalue weighted by atomic mass is 35.5. The van der Waals surface area contributed by atoms with Crippen LogP contribution < -0.4 is 10.6 Å². The van der Waals surface area contributed by atoms with E-state index in [9.17, 15) is 5.11 Å². The molecule has 1 fully saturated rings. The molecule has 2 rings (SSSR count). The summed E-state index contributed by atoms with van der Waals surface area (Å²) in [6.45, 7) is 5.20. The quantitative estimate of drug-likeness (QED) is 0.546. The van der Waals surface area contributed by atoms with E-state index in [1.807, 2.05) is 13.0 Å². The van der Waals surface area contributed by atoms with Crippen molar-refractivity contribution in [1.29, 1.82) is 0 Å². The molecular formula is C15H25ClN4OS. The summed E-state index contributed by atoms with van der Waals surface area (Å²) in [6, 6.07) is 4.21. The molecule has 1 aromatic rings. The summed E-state index contributed by atoms with van der Waals surface area (Å²) in [5.74, 6) is 0.754. The molecule has 0 radical (unpaired) electrons. The Kier molecular flexibility index (Phi) is 6.95. The molecule has 0 spiro atoms. The van der Waals surface area contributed by atoms with Gasteiger partial charge in [-0.15, -0.1) is 11.3 Å². The van der Waals surface area contributed by atoms with Crippen LogP contribution in [0.25, 0.3) is 0 Å². The van der Waals surface area contributed by atoms with Gasteiger partial charge in [-0.1, -0.05) is 11.6 Å². The second-order valence-electron chi connectivity index (χ2n) is 5.53. The number of hydrogen-bond donors (Lipinski definition) is 3. The van der Waals surface area contributed by atoms with E-state index >= 15 is 0 Å². The number of hydrogen-bond acceptors (Lipinski definition) is 4. The molecule has 2 heterocycles. The van der Waals surface area contributed by atoms with Crippen molar-refractivity contribution < 1.29 is 5.11 Å². The number of halogens is 1. The lowest BCUT2D eigenvalue weighted by molar-refractivity contribution is 0.191. The first-order chi connectivity index (χ1) is 10.6. The molecule has 0 amide bonds. The van der Waals surface area contributed by atoms with E-state index in [2.05, 4.69) is 27.6 Å². The first kappa shape index (κ1) is 17.5. The number of likely N-dealkylation sites (N-methyl/N-ethyl adjacent to an activating group) is 1. The van der Waals surface area contributed by atoms with Crippen molar-refractivity contribution in [2.24, 2.45) is 4.99 Å². The Morgan fingerprint density at radius 2 is 2.36 bits per heavy atom. The molecule has 124 valence electrons. The van der Waals surface area contributed by atoms with E-state index in [1.54, 1.807) is 6.07 Å². The van der Waals surface area contributed by atoms with E-state index in [1.165, 1.54) is 24.2 Å². The molecule has 7 heteroatoms. The number of guanidine groups is 1. The highest BCUT2D eigenvalue weighted by Gasteiger charge is 2.20. The summed E-state index contributed by atoms with van der Waals surface area (Å²) in [5.41, 5.74) is 0. The van der Waals surface area contributed by atoms with Crippen LogP contribution in [-0.2, 0) is 0 Å². The summed E-state index contributed by atoms with van der Waals surface area (Å²) in [7, 11) is 2.16. The number of rotatable bonds is 6. The van der Waals surface area contributed by atoms with Crippen LogP contribution in [0.1, 0.15) is 30.7 Å². The standard InChI is InChI=1S/C15H25ClN4OS/c1-3-17-15(18-9-11-5-4-8-20(11)2)19-10-12(21)13-6-7-14(16)22-13/h6-7,11-12,21H,3-5,8-10H2,1-2H3,(H2,17,18,19). The third-order valence-electron chi connectivity index (χ3n) is 3.87. The maximum absolute atomic E-state index is 10.2. The zero-order valence-electron chi connectivity index (χ0n) is 13.2. The fourth-order valence-corrected chi connectivity index (χ4v) is 3.61. The SMILES string of the molecule is CCNC(=NCC(O)c1ccc(Cl)s1)NCC1CCCN1C. The van der Waals surface area contributed by atoms with Gasteiger partial charge in [0.15, 0.2) is 5.96 Å². The van der Waals surface area contributed by atoms with Gasteiger partial charge in [0.2, 0.25) is 0 Å². The van der Waals surface area contributed by atoms with Gasteiger partial charge in [0, 0.05) is 24.0 Å². The molecular weight excluding hydrogens is 320 g/mol. The lowest BCUT2D eigenvalue weighted by Gasteiger charge is -2.21. The number of nitrogens with one attached hydrogen (secondary N) is 2. The van der Waals surface area contributed by atoms with Crippen molar-refractivity contribution in [3.8, 4) is 0 Å². The summed E-state index contributed by atoms with van der Waals surface area (Å²) in [4.78, 5) is 7.70. The predicted octanol–water partition coefficient (Wildman–Crippen LogP) is 2.08. The predicted molar refractivity (Wildman–Crippen MR) is 93.9 cm³/mol. The van der Waals surface area contributed by atoms with Crippen LogP contribution in [0.2, 0.25) is 4.34 Å². The minimum absolute atomic E-state index is 0.326. The van der Waals surface area contributed by atoms with Crippen molar-refractivity contribution in [2.75, 3.05) is 33.2 Å². The molecule has 0 aliphatic carbocycles. The van der Waals surface area contributed by atoms with Crippen molar-refractivity contribution >= 4 is 28.9 Å². The molecule has 2 atom stereocenters. The second kappa shape index (κ2) is 8.72. The van der Waals surface area contributed by atoms with Crippen LogP contribution in [-0.4, -0.2) is 55.2 Å². The fourth-order valence-electron chi connectivity index (χ4n) is 2.57. The topological polar surface area (TPSA) is 59.9 Å². The molecule has 1 aliphatic heterocycles. The minimum atomic E-state index is -0.609. The largest absolute Gasteiger partial charge is 0.386 e. The van der Waals surface area contributed by atoms with Gasteiger partial charge >= 0.3 is 0 Å². The third kappa shape index (κ3) is 5.12. The van der Waals surface area contributed by atoms with Gasteiger partial charge in [-0.2, -0.15) is 0 Å². The normalized spacial score (nSPS) is 21.1. The molecule has 1 saturated heterocycles. The lowest BCUT2D eigenvalue weighted by atomic mass is 10.2. The number of aliphatic hydroxyl groups excluding tert-OH is 1. The average molecular weight is 345 g/mol. The number of aliphatic imine (C=N–C) groups is 1. The van der Waals surface area contributed by atoms with Gasteiger partial charge in [-0.25, -0.2) is 0 Å². The zero-order chi connectivity index (χ0) is 15.9. The number of aliphatic hydroxyl groups is 1. The summed E-state index contributed by atoms with van der Waals surface area (Å²) >= 11 is 7.29. The first-order valence-electron chi connectivity index (χ1n) is 7.76. The maximum atomic E-state index is 10.2.